The van der Waals surface area contributed by atoms with Crippen LogP contribution in [-0.2, 0) is 38.1 Å². The van der Waals surface area contributed by atoms with Crippen LogP contribution in [0.5, 0.6) is 0 Å². The second-order valence-corrected chi connectivity index (χ2v) is 16.7. The third-order valence-electron chi connectivity index (χ3n) is 11.9. The molecule has 0 aromatic carbocycles. The van der Waals surface area contributed by atoms with Gasteiger partial charge < -0.3 is 53.6 Å². The highest BCUT2D eigenvalue weighted by molar-refractivity contribution is 5.95. The number of nitrogens with zero attached hydrogens (tertiary/aromatic N) is 1. The first-order chi connectivity index (χ1) is 24.6. The monoisotopic (exact) mass is 746 g/mol. The van der Waals surface area contributed by atoms with Crippen LogP contribution >= 0.6 is 0 Å². The van der Waals surface area contributed by atoms with E-state index in [1.165, 1.54) is 30.2 Å². The summed E-state index contributed by atoms with van der Waals surface area (Å²) in [5.74, 6) is -3.70. The zero-order chi connectivity index (χ0) is 39.1. The van der Waals surface area contributed by atoms with E-state index in [4.69, 9.17) is 28.1 Å². The minimum Gasteiger partial charge on any atom is -0.467 e. The molecule has 292 valence electrons. The van der Waals surface area contributed by atoms with Crippen molar-refractivity contribution in [3.63, 3.8) is 0 Å². The highest BCUT2D eigenvalue weighted by atomic mass is 16.6. The largest absolute Gasteiger partial charge is 0.467 e. The first-order valence-electron chi connectivity index (χ1n) is 17.9. The lowest BCUT2D eigenvalue weighted by Gasteiger charge is -2.65. The molecule has 1 aromatic heterocycles. The van der Waals surface area contributed by atoms with E-state index in [0.717, 1.165) is 6.92 Å². The smallest absolute Gasteiger partial charge is 0.410 e. The first kappa shape index (κ1) is 38.7. The molecule has 2 bridgehead atoms. The number of ketones is 1. The van der Waals surface area contributed by atoms with Gasteiger partial charge in [-0.25, -0.2) is 14.4 Å². The summed E-state index contributed by atoms with van der Waals surface area (Å²) in [6.07, 6.45) is -7.86. The van der Waals surface area contributed by atoms with Crippen LogP contribution in [0.4, 0.5) is 9.59 Å². The predicted molar refractivity (Wildman–Crippen MR) is 181 cm³/mol. The molecule has 3 heterocycles. The van der Waals surface area contributed by atoms with Crippen molar-refractivity contribution in [1.29, 1.82) is 0 Å². The molecule has 0 unspecified atom stereocenters. The van der Waals surface area contributed by atoms with Crippen molar-refractivity contribution in [3.05, 3.63) is 35.3 Å². The molecule has 2 aliphatic heterocycles. The Labute approximate surface area is 307 Å². The Morgan fingerprint density at radius 3 is 2.32 bits per heavy atom. The molecule has 53 heavy (non-hydrogen) atoms. The molecule has 3 aliphatic carbocycles. The number of carbonyl (C=O) groups excluding carboxylic acids is 5. The topological polar surface area (TPSA) is 220 Å². The van der Waals surface area contributed by atoms with Gasteiger partial charge in [-0.05, 0) is 64.3 Å². The van der Waals surface area contributed by atoms with Crippen LogP contribution in [0.1, 0.15) is 86.5 Å². The van der Waals surface area contributed by atoms with E-state index in [0.29, 0.717) is 13.1 Å². The number of aliphatic hydroxyl groups excluding tert-OH is 2. The highest BCUT2D eigenvalue weighted by Crippen LogP contribution is 2.63. The minimum absolute atomic E-state index is 0.0271. The maximum absolute atomic E-state index is 15.0. The van der Waals surface area contributed by atoms with Crippen LogP contribution < -0.4 is 5.32 Å². The molecule has 0 spiro atoms. The number of Topliss-reactive ketones (excluding diaryl/α,β-unsaturated/α-hetero) is 1. The van der Waals surface area contributed by atoms with Crippen LogP contribution in [0, 0.1) is 16.7 Å². The molecule has 2 amide bonds. The van der Waals surface area contributed by atoms with Crippen molar-refractivity contribution >= 4 is 29.9 Å². The molecule has 4 fully saturated rings. The lowest BCUT2D eigenvalue weighted by atomic mass is 9.46. The molecule has 0 radical (unpaired) electrons. The van der Waals surface area contributed by atoms with Gasteiger partial charge in [-0.1, -0.05) is 13.8 Å². The normalized spacial score (nSPS) is 35.6. The summed E-state index contributed by atoms with van der Waals surface area (Å²) >= 11 is 0. The number of amides is 2. The standard InChI is InChI=1S/C37H50N2O14/c1-18-21(51-30(44)27(42)26(20-10-9-13-48-20)38-31(45)52-33(3,4)5)15-36(47)16-22-35(8,29(43)28(50-19(2)40)25(18)34(36,6)7)23(41)14-24-37(22,17-49-24)53-32(46)39-11-12-39/h9-10,13,21-24,26-28,41-42,47H,11-12,14-17H2,1-8H3,(H,38,45)/t21-,22-,23-,24+,26+,27+,28+,35-,36+,37+/m0/s1. The molecule has 4 N–H and O–H groups in total. The number of hydrogen-bond donors (Lipinski definition) is 4. The number of carbonyl (C=O) groups is 5. The summed E-state index contributed by atoms with van der Waals surface area (Å²) in [6, 6.07) is 1.51. The zero-order valence-corrected chi connectivity index (χ0v) is 31.3. The van der Waals surface area contributed by atoms with Gasteiger partial charge in [0.25, 0.3) is 0 Å². The Kier molecular flexibility index (Phi) is 9.57. The number of fused-ring (bicyclic) bond motifs is 5. The number of hydrogen-bond acceptors (Lipinski definition) is 14. The van der Waals surface area contributed by atoms with E-state index in [2.05, 4.69) is 5.32 Å². The number of aliphatic hydroxyl groups is 3. The maximum atomic E-state index is 15.0. The average Bonchev–Trinajstić information content (AvgIpc) is 3.76. The average molecular weight is 747 g/mol. The third-order valence-corrected chi connectivity index (χ3v) is 11.9. The Morgan fingerprint density at radius 2 is 1.77 bits per heavy atom. The van der Waals surface area contributed by atoms with Crippen molar-refractivity contribution in [1.82, 2.24) is 10.2 Å². The van der Waals surface area contributed by atoms with Gasteiger partial charge in [-0.15, -0.1) is 0 Å². The van der Waals surface area contributed by atoms with E-state index in [-0.39, 0.29) is 42.8 Å². The van der Waals surface area contributed by atoms with Gasteiger partial charge in [-0.2, -0.15) is 0 Å². The number of nitrogens with one attached hydrogen (secondary N) is 1. The van der Waals surface area contributed by atoms with Crippen LogP contribution in [-0.4, -0.2) is 117 Å². The second kappa shape index (κ2) is 13.1. The lowest BCUT2D eigenvalue weighted by Crippen LogP contribution is -2.77. The maximum Gasteiger partial charge on any atom is 0.410 e. The Bertz CT molecular complexity index is 1690. The van der Waals surface area contributed by atoms with Gasteiger partial charge in [0.1, 0.15) is 29.6 Å². The van der Waals surface area contributed by atoms with E-state index < -0.39 is 100 Å². The van der Waals surface area contributed by atoms with Crippen molar-refractivity contribution < 1.29 is 67.4 Å². The molecular weight excluding hydrogens is 696 g/mol. The molecule has 5 aliphatic rings. The molecular formula is C37H50N2O14. The van der Waals surface area contributed by atoms with Crippen molar-refractivity contribution in [2.75, 3.05) is 19.7 Å². The number of esters is 2. The Balaban J connectivity index is 1.40. The molecule has 6 rings (SSSR count). The van der Waals surface area contributed by atoms with Crippen molar-refractivity contribution in [2.45, 2.75) is 128 Å². The molecule has 2 saturated heterocycles. The van der Waals surface area contributed by atoms with E-state index in [9.17, 15) is 39.3 Å². The molecule has 16 heteroatoms. The van der Waals surface area contributed by atoms with Gasteiger partial charge in [-0.3, -0.25) is 9.59 Å². The first-order valence-corrected chi connectivity index (χ1v) is 17.9. The van der Waals surface area contributed by atoms with Crippen LogP contribution in [0.2, 0.25) is 0 Å². The number of ether oxygens (including phenoxy) is 5. The molecule has 1 aromatic rings. The Hall–Kier alpha value is -3.99. The van der Waals surface area contributed by atoms with E-state index in [1.807, 2.05) is 0 Å². The highest BCUT2D eigenvalue weighted by Gasteiger charge is 2.74. The quantitative estimate of drug-likeness (QED) is 0.136. The zero-order valence-electron chi connectivity index (χ0n) is 31.3. The van der Waals surface area contributed by atoms with E-state index >= 15 is 0 Å². The minimum atomic E-state index is -2.03. The molecule has 16 nitrogen and oxygen atoms in total. The lowest BCUT2D eigenvalue weighted by molar-refractivity contribution is -0.322. The summed E-state index contributed by atoms with van der Waals surface area (Å²) in [5, 5.41) is 38.4. The fourth-order valence-electron chi connectivity index (χ4n) is 8.71. The predicted octanol–water partition coefficient (Wildman–Crippen LogP) is 2.48. The van der Waals surface area contributed by atoms with Gasteiger partial charge >= 0.3 is 24.1 Å². The van der Waals surface area contributed by atoms with Crippen LogP contribution in [0.3, 0.4) is 0 Å². The number of rotatable bonds is 7. The SMILES string of the molecule is CC(=O)O[C@H]1C(=O)[C@@]2(C)[C@H](C[C@]3(O)C[C@H](OC(=O)[C@H](O)[C@H](NC(=O)OC(C)(C)C)c4ccco4)C(C)=C1C3(C)C)[C@]1(OC(=O)N3CC3)CO[C@@H]1C[C@@H]2O. The van der Waals surface area contributed by atoms with Gasteiger partial charge in [0.2, 0.25) is 0 Å². The van der Waals surface area contributed by atoms with Crippen LogP contribution in [0.15, 0.2) is 34.0 Å². The summed E-state index contributed by atoms with van der Waals surface area (Å²) in [5.41, 5.74) is -6.73. The number of alkyl carbamates (subject to hydrolysis) is 1. The van der Waals surface area contributed by atoms with Gasteiger partial charge in [0.15, 0.2) is 23.6 Å². The van der Waals surface area contributed by atoms with Crippen LogP contribution in [0.25, 0.3) is 0 Å². The summed E-state index contributed by atoms with van der Waals surface area (Å²) in [4.78, 5) is 68.9. The summed E-state index contributed by atoms with van der Waals surface area (Å²) in [6.45, 7) is 13.4. The molecule has 10 atom stereocenters. The summed E-state index contributed by atoms with van der Waals surface area (Å²) in [7, 11) is 0. The van der Waals surface area contributed by atoms with Gasteiger partial charge in [0, 0.05) is 44.2 Å². The fraction of sp³-hybridized carbons (Fsp3) is 0.703. The van der Waals surface area contributed by atoms with E-state index in [1.54, 1.807) is 41.5 Å². The van der Waals surface area contributed by atoms with Gasteiger partial charge in [0.05, 0.1) is 30.0 Å². The van der Waals surface area contributed by atoms with Crippen molar-refractivity contribution in [3.8, 4) is 0 Å². The third kappa shape index (κ3) is 6.50. The molecule has 2 saturated carbocycles. The number of furan rings is 1. The fourth-order valence-corrected chi connectivity index (χ4v) is 8.71. The second-order valence-electron chi connectivity index (χ2n) is 16.7. The Morgan fingerprint density at radius 1 is 1.09 bits per heavy atom. The van der Waals surface area contributed by atoms with Crippen molar-refractivity contribution in [2.24, 2.45) is 16.7 Å². The summed E-state index contributed by atoms with van der Waals surface area (Å²) < 4.78 is 34.4.